The summed E-state index contributed by atoms with van der Waals surface area (Å²) in [4.78, 5) is 39.1. The van der Waals surface area contributed by atoms with Crippen molar-refractivity contribution < 1.29 is 14.4 Å². The Morgan fingerprint density at radius 1 is 1.17 bits per heavy atom. The van der Waals surface area contributed by atoms with Crippen molar-refractivity contribution >= 4 is 17.8 Å². The van der Waals surface area contributed by atoms with E-state index < -0.39 is 17.5 Å². The molecule has 2 saturated heterocycles. The van der Waals surface area contributed by atoms with Crippen LogP contribution in [0.15, 0.2) is 30.3 Å². The minimum atomic E-state index is -1.17. The van der Waals surface area contributed by atoms with Crippen LogP contribution in [0.25, 0.3) is 0 Å². The molecular formula is C17H22N4O3. The van der Waals surface area contributed by atoms with Crippen LogP contribution in [0.3, 0.4) is 0 Å². The summed E-state index contributed by atoms with van der Waals surface area (Å²) >= 11 is 0. The molecule has 0 aromatic heterocycles. The number of carbonyl (C=O) groups excluding carboxylic acids is 3. The maximum atomic E-state index is 12.7. The summed E-state index contributed by atoms with van der Waals surface area (Å²) in [6.07, 6.45) is 3.32. The molecule has 7 nitrogen and oxygen atoms in total. The molecule has 0 saturated carbocycles. The molecule has 2 fully saturated rings. The van der Waals surface area contributed by atoms with E-state index in [0.29, 0.717) is 5.56 Å². The Balaban J connectivity index is 1.67. The summed E-state index contributed by atoms with van der Waals surface area (Å²) < 4.78 is 0. The summed E-state index contributed by atoms with van der Waals surface area (Å²) in [5, 5.41) is 3.46. The average Bonchev–Trinajstić information content (AvgIpc) is 2.81. The number of hydrogen-bond donors (Lipinski definition) is 2. The van der Waals surface area contributed by atoms with Crippen molar-refractivity contribution in [2.75, 3.05) is 19.6 Å². The van der Waals surface area contributed by atoms with Crippen molar-refractivity contribution in [1.29, 1.82) is 0 Å². The number of piperidine rings is 1. The normalized spacial score (nSPS) is 24.8. The number of hydrazine groups is 1. The van der Waals surface area contributed by atoms with Crippen molar-refractivity contribution in [3.8, 4) is 0 Å². The van der Waals surface area contributed by atoms with Crippen molar-refractivity contribution in [1.82, 2.24) is 20.7 Å². The average molecular weight is 330 g/mol. The van der Waals surface area contributed by atoms with E-state index in [1.54, 1.807) is 31.2 Å². The maximum absolute atomic E-state index is 12.7. The molecule has 7 heteroatoms. The van der Waals surface area contributed by atoms with Crippen LogP contribution in [0.5, 0.6) is 0 Å². The zero-order valence-electron chi connectivity index (χ0n) is 13.7. The molecule has 2 aliphatic rings. The van der Waals surface area contributed by atoms with E-state index in [1.807, 2.05) is 11.0 Å². The van der Waals surface area contributed by atoms with Crippen LogP contribution in [-0.4, -0.2) is 47.4 Å². The number of urea groups is 1. The Hall–Kier alpha value is -2.41. The lowest BCUT2D eigenvalue weighted by atomic mass is 9.92. The Kier molecular flexibility index (Phi) is 4.53. The number of amides is 4. The molecule has 3 rings (SSSR count). The van der Waals surface area contributed by atoms with Gasteiger partial charge in [0.1, 0.15) is 5.54 Å². The van der Waals surface area contributed by atoms with E-state index in [0.717, 1.165) is 30.9 Å². The van der Waals surface area contributed by atoms with Crippen LogP contribution in [0.1, 0.15) is 31.7 Å². The summed E-state index contributed by atoms with van der Waals surface area (Å²) in [6, 6.07) is 8.38. The van der Waals surface area contributed by atoms with Crippen LogP contribution in [-0.2, 0) is 15.1 Å². The van der Waals surface area contributed by atoms with Crippen molar-refractivity contribution in [3.63, 3.8) is 0 Å². The van der Waals surface area contributed by atoms with Gasteiger partial charge in [0.15, 0.2) is 0 Å². The van der Waals surface area contributed by atoms with Gasteiger partial charge >= 0.3 is 6.03 Å². The van der Waals surface area contributed by atoms with Gasteiger partial charge in [-0.05, 0) is 38.4 Å². The Labute approximate surface area is 141 Å². The minimum Gasteiger partial charge on any atom is -0.318 e. The van der Waals surface area contributed by atoms with Gasteiger partial charge in [0, 0.05) is 0 Å². The van der Waals surface area contributed by atoms with Gasteiger partial charge in [-0.2, -0.15) is 5.01 Å². The first-order valence-electron chi connectivity index (χ1n) is 8.25. The van der Waals surface area contributed by atoms with E-state index >= 15 is 0 Å². The first kappa shape index (κ1) is 16.4. The van der Waals surface area contributed by atoms with Gasteiger partial charge < -0.3 is 5.32 Å². The molecular weight excluding hydrogens is 308 g/mol. The monoisotopic (exact) mass is 330 g/mol. The number of nitrogens with zero attached hydrogens (tertiary/aromatic N) is 2. The highest BCUT2D eigenvalue weighted by Gasteiger charge is 2.49. The first-order chi connectivity index (χ1) is 11.5. The van der Waals surface area contributed by atoms with E-state index in [-0.39, 0.29) is 12.5 Å². The zero-order valence-corrected chi connectivity index (χ0v) is 13.7. The van der Waals surface area contributed by atoms with Gasteiger partial charge in [0.25, 0.3) is 11.8 Å². The third-order valence-electron chi connectivity index (χ3n) is 4.59. The first-order valence-corrected chi connectivity index (χ1v) is 8.25. The molecule has 0 aliphatic carbocycles. The van der Waals surface area contributed by atoms with Crippen LogP contribution in [0.2, 0.25) is 0 Å². The molecule has 4 amide bonds. The third-order valence-corrected chi connectivity index (χ3v) is 4.59. The van der Waals surface area contributed by atoms with Crippen LogP contribution >= 0.6 is 0 Å². The number of likely N-dealkylation sites (tertiary alicyclic amines) is 1. The molecule has 2 aliphatic heterocycles. The molecule has 0 unspecified atom stereocenters. The second-order valence-electron chi connectivity index (χ2n) is 6.43. The molecule has 24 heavy (non-hydrogen) atoms. The number of imide groups is 1. The number of benzene rings is 1. The predicted molar refractivity (Wildman–Crippen MR) is 87.6 cm³/mol. The van der Waals surface area contributed by atoms with Gasteiger partial charge in [-0.15, -0.1) is 0 Å². The molecule has 0 spiro atoms. The molecule has 128 valence electrons. The zero-order chi connectivity index (χ0) is 17.2. The highest BCUT2D eigenvalue weighted by Crippen LogP contribution is 2.27. The summed E-state index contributed by atoms with van der Waals surface area (Å²) in [7, 11) is 0. The maximum Gasteiger partial charge on any atom is 0.344 e. The van der Waals surface area contributed by atoms with Gasteiger partial charge in [-0.1, -0.05) is 36.8 Å². The quantitative estimate of drug-likeness (QED) is 0.806. The largest absolute Gasteiger partial charge is 0.344 e. The highest BCUT2D eigenvalue weighted by atomic mass is 16.2. The van der Waals surface area contributed by atoms with E-state index in [2.05, 4.69) is 10.7 Å². The number of rotatable bonds is 4. The van der Waals surface area contributed by atoms with Gasteiger partial charge in [0.2, 0.25) is 0 Å². The van der Waals surface area contributed by atoms with E-state index in [1.165, 1.54) is 6.42 Å². The second kappa shape index (κ2) is 6.60. The van der Waals surface area contributed by atoms with Crippen LogP contribution < -0.4 is 10.7 Å². The molecule has 1 atom stereocenters. The fraction of sp³-hybridized carbons (Fsp3) is 0.471. The molecule has 2 heterocycles. The molecule has 2 N–H and O–H groups in total. The SMILES string of the molecule is C[C@]1(c2ccccc2)NC(=O)N(NC(=O)CN2CCCCC2)C1=O. The van der Waals surface area contributed by atoms with Crippen molar-refractivity contribution in [3.05, 3.63) is 35.9 Å². The molecule has 1 aromatic rings. The van der Waals surface area contributed by atoms with Gasteiger partial charge in [-0.25, -0.2) is 4.79 Å². The standard InChI is InChI=1S/C17H22N4O3/c1-17(13-8-4-2-5-9-13)15(23)21(16(24)18-17)19-14(22)12-20-10-6-3-7-11-20/h2,4-5,8-9H,3,6-7,10-12H2,1H3,(H,18,24)(H,19,22)/t17-/m1/s1. The lowest BCUT2D eigenvalue weighted by molar-refractivity contribution is -0.139. The number of nitrogens with one attached hydrogen (secondary N) is 2. The second-order valence-corrected chi connectivity index (χ2v) is 6.43. The summed E-state index contributed by atoms with van der Waals surface area (Å²) in [5.41, 5.74) is 1.95. The molecule has 0 radical (unpaired) electrons. The van der Waals surface area contributed by atoms with E-state index in [4.69, 9.17) is 0 Å². The number of carbonyl (C=O) groups is 3. The summed E-state index contributed by atoms with van der Waals surface area (Å²) in [6.45, 7) is 3.57. The lowest BCUT2D eigenvalue weighted by Gasteiger charge is -2.26. The van der Waals surface area contributed by atoms with Crippen LogP contribution in [0.4, 0.5) is 4.79 Å². The number of hydrogen-bond acceptors (Lipinski definition) is 4. The highest BCUT2D eigenvalue weighted by molar-refractivity contribution is 6.08. The topological polar surface area (TPSA) is 81.8 Å². The van der Waals surface area contributed by atoms with Crippen molar-refractivity contribution in [2.24, 2.45) is 0 Å². The Morgan fingerprint density at radius 2 is 1.83 bits per heavy atom. The Morgan fingerprint density at radius 3 is 2.50 bits per heavy atom. The molecule has 0 bridgehead atoms. The Bertz CT molecular complexity index is 642. The molecule has 1 aromatic carbocycles. The fourth-order valence-corrected chi connectivity index (χ4v) is 3.19. The van der Waals surface area contributed by atoms with E-state index in [9.17, 15) is 14.4 Å². The van der Waals surface area contributed by atoms with Gasteiger partial charge in [-0.3, -0.25) is 19.9 Å². The van der Waals surface area contributed by atoms with Gasteiger partial charge in [0.05, 0.1) is 6.54 Å². The smallest absolute Gasteiger partial charge is 0.318 e. The predicted octanol–water partition coefficient (Wildman–Crippen LogP) is 0.971. The minimum absolute atomic E-state index is 0.194. The summed E-state index contributed by atoms with van der Waals surface area (Å²) in [5.74, 6) is -0.830. The van der Waals surface area contributed by atoms with Crippen molar-refractivity contribution in [2.45, 2.75) is 31.7 Å². The fourth-order valence-electron chi connectivity index (χ4n) is 3.19. The third kappa shape index (κ3) is 3.12. The lowest BCUT2D eigenvalue weighted by Crippen LogP contribution is -2.51. The van der Waals surface area contributed by atoms with Crippen LogP contribution in [0, 0.1) is 0 Å².